The summed E-state index contributed by atoms with van der Waals surface area (Å²) >= 11 is 1.50. The van der Waals surface area contributed by atoms with Crippen LogP contribution >= 0.6 is 11.3 Å². The first-order valence-electron chi connectivity index (χ1n) is 10.0. The molecule has 1 heterocycles. The van der Waals surface area contributed by atoms with Gasteiger partial charge in [-0.1, -0.05) is 39.3 Å². The van der Waals surface area contributed by atoms with Crippen molar-refractivity contribution in [1.29, 1.82) is 5.26 Å². The lowest BCUT2D eigenvalue weighted by Crippen LogP contribution is -2.34. The van der Waals surface area contributed by atoms with E-state index in [0.29, 0.717) is 29.3 Å². The summed E-state index contributed by atoms with van der Waals surface area (Å²) in [6.45, 7) is 6.81. The molecular formula is C22H28N2O3S. The first kappa shape index (κ1) is 20.6. The van der Waals surface area contributed by atoms with Crippen molar-refractivity contribution in [3.8, 4) is 6.07 Å². The van der Waals surface area contributed by atoms with Crippen LogP contribution in [0.25, 0.3) is 0 Å². The summed E-state index contributed by atoms with van der Waals surface area (Å²) in [5.74, 6) is -1.98. The van der Waals surface area contributed by atoms with E-state index in [1.807, 2.05) is 12.2 Å². The van der Waals surface area contributed by atoms with E-state index in [1.54, 1.807) is 0 Å². The van der Waals surface area contributed by atoms with E-state index in [9.17, 15) is 20.0 Å². The van der Waals surface area contributed by atoms with Crippen LogP contribution in [0.3, 0.4) is 0 Å². The van der Waals surface area contributed by atoms with E-state index >= 15 is 0 Å². The molecule has 2 aliphatic rings. The molecule has 0 fully saturated rings. The van der Waals surface area contributed by atoms with Crippen LogP contribution in [-0.2, 0) is 22.4 Å². The van der Waals surface area contributed by atoms with Gasteiger partial charge < -0.3 is 10.4 Å². The highest BCUT2D eigenvalue weighted by atomic mass is 32.1. The number of allylic oxidation sites excluding steroid dienone is 2. The fourth-order valence-electron chi connectivity index (χ4n) is 4.33. The third kappa shape index (κ3) is 3.86. The van der Waals surface area contributed by atoms with Crippen LogP contribution in [0, 0.1) is 34.5 Å². The molecule has 1 aromatic heterocycles. The number of nitrogens with zero attached hydrogens (tertiary/aromatic N) is 1. The van der Waals surface area contributed by atoms with Gasteiger partial charge in [0.2, 0.25) is 5.91 Å². The van der Waals surface area contributed by atoms with Crippen molar-refractivity contribution >= 4 is 28.2 Å². The number of carboxylic acid groups (broad SMARTS) is 1. The number of thiophene rings is 1. The van der Waals surface area contributed by atoms with Gasteiger partial charge in [0, 0.05) is 4.88 Å². The van der Waals surface area contributed by atoms with Gasteiger partial charge in [0.05, 0.1) is 17.4 Å². The number of carboxylic acids is 1. The molecule has 150 valence electrons. The summed E-state index contributed by atoms with van der Waals surface area (Å²) in [6.07, 6.45) is 8.45. The Kier molecular flexibility index (Phi) is 5.95. The number of anilines is 1. The van der Waals surface area contributed by atoms with Crippen LogP contribution in [-0.4, -0.2) is 17.0 Å². The average molecular weight is 401 g/mol. The molecule has 0 aromatic carbocycles. The van der Waals surface area contributed by atoms with Crippen molar-refractivity contribution in [1.82, 2.24) is 0 Å². The largest absolute Gasteiger partial charge is 0.481 e. The summed E-state index contributed by atoms with van der Waals surface area (Å²) in [4.78, 5) is 25.5. The third-order valence-electron chi connectivity index (χ3n) is 6.72. The number of fused-ring (bicyclic) bond motifs is 1. The maximum absolute atomic E-state index is 12.8. The number of nitrogens with one attached hydrogen (secondary N) is 1. The molecule has 3 rings (SSSR count). The van der Waals surface area contributed by atoms with Crippen LogP contribution in [0.15, 0.2) is 12.2 Å². The molecule has 0 bridgehead atoms. The number of carbonyl (C=O) groups is 2. The van der Waals surface area contributed by atoms with E-state index < -0.39 is 17.8 Å². The number of amides is 1. The molecule has 0 saturated heterocycles. The maximum atomic E-state index is 12.8. The molecule has 5 nitrogen and oxygen atoms in total. The zero-order valence-electron chi connectivity index (χ0n) is 16.7. The normalized spacial score (nSPS) is 24.3. The van der Waals surface area contributed by atoms with E-state index in [4.69, 9.17) is 0 Å². The monoisotopic (exact) mass is 400 g/mol. The number of rotatable bonds is 5. The number of aliphatic carboxylic acids is 1. The van der Waals surface area contributed by atoms with Gasteiger partial charge in [-0.3, -0.25) is 9.59 Å². The smallest absolute Gasteiger partial charge is 0.307 e. The lowest BCUT2D eigenvalue weighted by Gasteiger charge is -2.36. The fourth-order valence-corrected chi connectivity index (χ4v) is 5.61. The summed E-state index contributed by atoms with van der Waals surface area (Å²) in [5, 5.41) is 22.6. The van der Waals surface area contributed by atoms with Gasteiger partial charge in [-0.05, 0) is 49.0 Å². The van der Waals surface area contributed by atoms with Crippen molar-refractivity contribution in [2.24, 2.45) is 23.2 Å². The van der Waals surface area contributed by atoms with Gasteiger partial charge in [-0.25, -0.2) is 0 Å². The molecule has 28 heavy (non-hydrogen) atoms. The maximum Gasteiger partial charge on any atom is 0.307 e. The number of nitriles is 1. The van der Waals surface area contributed by atoms with Crippen molar-refractivity contribution < 1.29 is 14.7 Å². The van der Waals surface area contributed by atoms with Crippen LogP contribution in [0.1, 0.15) is 62.5 Å². The minimum atomic E-state index is -0.944. The molecular weight excluding hydrogens is 372 g/mol. The molecule has 1 aromatic rings. The van der Waals surface area contributed by atoms with E-state index in [-0.39, 0.29) is 11.3 Å². The highest BCUT2D eigenvalue weighted by molar-refractivity contribution is 7.16. The van der Waals surface area contributed by atoms with Gasteiger partial charge in [-0.2, -0.15) is 5.26 Å². The molecule has 1 amide bonds. The lowest BCUT2D eigenvalue weighted by molar-refractivity contribution is -0.146. The first-order valence-corrected chi connectivity index (χ1v) is 10.8. The molecule has 0 aliphatic heterocycles. The highest BCUT2D eigenvalue weighted by Gasteiger charge is 2.36. The number of hydrogen-bond donors (Lipinski definition) is 2. The van der Waals surface area contributed by atoms with E-state index in [1.165, 1.54) is 16.2 Å². The zero-order valence-corrected chi connectivity index (χ0v) is 17.6. The summed E-state index contributed by atoms with van der Waals surface area (Å²) in [7, 11) is 0. The van der Waals surface area contributed by atoms with Crippen molar-refractivity contribution in [2.75, 3.05) is 5.32 Å². The van der Waals surface area contributed by atoms with Gasteiger partial charge in [-0.15, -0.1) is 11.3 Å². The van der Waals surface area contributed by atoms with Crippen LogP contribution in [0.2, 0.25) is 0 Å². The Morgan fingerprint density at radius 3 is 2.61 bits per heavy atom. The molecule has 2 N–H and O–H groups in total. The zero-order chi connectivity index (χ0) is 20.5. The molecule has 0 saturated carbocycles. The molecule has 0 radical (unpaired) electrons. The van der Waals surface area contributed by atoms with E-state index in [2.05, 4.69) is 32.2 Å². The predicted octanol–water partition coefficient (Wildman–Crippen LogP) is 4.77. The molecule has 0 unspecified atom stereocenters. The summed E-state index contributed by atoms with van der Waals surface area (Å²) in [5.41, 5.74) is 1.89. The molecule has 0 spiro atoms. The predicted molar refractivity (Wildman–Crippen MR) is 110 cm³/mol. The summed E-state index contributed by atoms with van der Waals surface area (Å²) in [6, 6.07) is 2.28. The first-order chi connectivity index (χ1) is 13.3. The van der Waals surface area contributed by atoms with Crippen molar-refractivity contribution in [3.05, 3.63) is 28.2 Å². The Hall–Kier alpha value is -2.13. The Labute approximate surface area is 170 Å². The standard InChI is InChI=1S/C22H28N2O3S/c1-4-22(2,3)13-9-10-14-17(12-23)20(28-18(14)11-13)24-19(25)15-7-5-6-8-16(15)21(26)27/h5-6,13,15-16H,4,7-11H2,1-3H3,(H,24,25)(H,26,27)/t13-,15-,16-/m1/s1. The van der Waals surface area contributed by atoms with Gasteiger partial charge in [0.15, 0.2) is 0 Å². The minimum Gasteiger partial charge on any atom is -0.481 e. The van der Waals surface area contributed by atoms with Crippen LogP contribution < -0.4 is 5.32 Å². The van der Waals surface area contributed by atoms with Crippen molar-refractivity contribution in [3.63, 3.8) is 0 Å². The Morgan fingerprint density at radius 1 is 1.32 bits per heavy atom. The SMILES string of the molecule is CCC(C)(C)[C@@H]1CCc2c(sc(NC(=O)[C@@H]3CC=CC[C@H]3C(=O)O)c2C#N)C1. The van der Waals surface area contributed by atoms with Gasteiger partial charge in [0.1, 0.15) is 11.1 Å². The molecule has 3 atom stereocenters. The van der Waals surface area contributed by atoms with Gasteiger partial charge in [0.25, 0.3) is 0 Å². The van der Waals surface area contributed by atoms with E-state index in [0.717, 1.165) is 31.2 Å². The quantitative estimate of drug-likeness (QED) is 0.697. The second-order valence-corrected chi connectivity index (χ2v) is 9.69. The second kappa shape index (κ2) is 8.08. The number of hydrogen-bond acceptors (Lipinski definition) is 4. The number of carbonyl (C=O) groups excluding carboxylic acids is 1. The highest BCUT2D eigenvalue weighted by Crippen LogP contribution is 2.45. The fraction of sp³-hybridized carbons (Fsp3) is 0.591. The lowest BCUT2D eigenvalue weighted by atomic mass is 9.69. The van der Waals surface area contributed by atoms with Gasteiger partial charge >= 0.3 is 5.97 Å². The van der Waals surface area contributed by atoms with Crippen molar-refractivity contribution in [2.45, 2.75) is 59.3 Å². The topological polar surface area (TPSA) is 90.2 Å². The Morgan fingerprint density at radius 2 is 2.00 bits per heavy atom. The summed E-state index contributed by atoms with van der Waals surface area (Å²) < 4.78 is 0. The Bertz CT molecular complexity index is 847. The molecule has 6 heteroatoms. The third-order valence-corrected chi connectivity index (χ3v) is 7.89. The average Bonchev–Trinajstić information content (AvgIpc) is 3.03. The Balaban J connectivity index is 1.82. The van der Waals surface area contributed by atoms with Crippen LogP contribution in [0.4, 0.5) is 5.00 Å². The second-order valence-electron chi connectivity index (χ2n) is 8.58. The van der Waals surface area contributed by atoms with Crippen LogP contribution in [0.5, 0.6) is 0 Å². The molecule has 2 aliphatic carbocycles. The minimum absolute atomic E-state index is 0.251.